The minimum Gasteiger partial charge on any atom is -0.356 e. The van der Waals surface area contributed by atoms with Crippen molar-refractivity contribution in [1.29, 1.82) is 0 Å². The third-order valence-electron chi connectivity index (χ3n) is 4.79. The number of hydrogen-bond acceptors (Lipinski definition) is 3. The lowest BCUT2D eigenvalue weighted by Gasteiger charge is -2.29. The Kier molecular flexibility index (Phi) is 6.78. The summed E-state index contributed by atoms with van der Waals surface area (Å²) in [5.41, 5.74) is 2.14. The summed E-state index contributed by atoms with van der Waals surface area (Å²) in [7, 11) is 0. The normalized spacial score (nSPS) is 18.9. The molecule has 146 valence electrons. The van der Waals surface area contributed by atoms with Gasteiger partial charge < -0.3 is 16.0 Å². The van der Waals surface area contributed by atoms with Crippen LogP contribution in [0, 0.1) is 0 Å². The molecule has 0 aromatic heterocycles. The van der Waals surface area contributed by atoms with Crippen LogP contribution in [0.3, 0.4) is 0 Å². The van der Waals surface area contributed by atoms with Crippen LogP contribution in [0.4, 0.5) is 0 Å². The SMILES string of the molecule is O=C(CC[C@@H]1NC(=O)[C@@H](Cc2ccccc2)NC1=O)NCCc1ccccc1. The van der Waals surface area contributed by atoms with Crippen molar-refractivity contribution in [2.45, 2.75) is 37.8 Å². The van der Waals surface area contributed by atoms with Gasteiger partial charge >= 0.3 is 0 Å². The van der Waals surface area contributed by atoms with Gasteiger partial charge in [-0.25, -0.2) is 0 Å². The van der Waals surface area contributed by atoms with Gasteiger partial charge in [0.25, 0.3) is 0 Å². The number of amides is 3. The van der Waals surface area contributed by atoms with Gasteiger partial charge in [0.15, 0.2) is 0 Å². The van der Waals surface area contributed by atoms with Crippen molar-refractivity contribution in [2.24, 2.45) is 0 Å². The van der Waals surface area contributed by atoms with Gasteiger partial charge in [-0.3, -0.25) is 14.4 Å². The summed E-state index contributed by atoms with van der Waals surface area (Å²) >= 11 is 0. The van der Waals surface area contributed by atoms with Crippen molar-refractivity contribution in [1.82, 2.24) is 16.0 Å². The Morgan fingerprint density at radius 3 is 2.07 bits per heavy atom. The van der Waals surface area contributed by atoms with E-state index in [0.29, 0.717) is 13.0 Å². The maximum atomic E-state index is 12.3. The highest BCUT2D eigenvalue weighted by Crippen LogP contribution is 2.09. The van der Waals surface area contributed by atoms with E-state index < -0.39 is 12.1 Å². The number of rotatable bonds is 8. The molecule has 1 fully saturated rings. The Hall–Kier alpha value is -3.15. The molecule has 2 aromatic carbocycles. The van der Waals surface area contributed by atoms with Crippen molar-refractivity contribution < 1.29 is 14.4 Å². The first-order valence-electron chi connectivity index (χ1n) is 9.57. The zero-order chi connectivity index (χ0) is 19.8. The molecular weight excluding hydrogens is 354 g/mol. The Bertz CT molecular complexity index is 808. The summed E-state index contributed by atoms with van der Waals surface area (Å²) in [6.45, 7) is 0.547. The molecular formula is C22H25N3O3. The van der Waals surface area contributed by atoms with E-state index in [4.69, 9.17) is 0 Å². The second kappa shape index (κ2) is 9.69. The first-order valence-corrected chi connectivity index (χ1v) is 9.57. The van der Waals surface area contributed by atoms with Crippen LogP contribution in [0.1, 0.15) is 24.0 Å². The number of nitrogens with one attached hydrogen (secondary N) is 3. The number of hydrogen-bond donors (Lipinski definition) is 3. The van der Waals surface area contributed by atoms with Crippen molar-refractivity contribution in [3.05, 3.63) is 71.8 Å². The van der Waals surface area contributed by atoms with Gasteiger partial charge in [0.2, 0.25) is 17.7 Å². The second-order valence-electron chi connectivity index (χ2n) is 6.94. The quantitative estimate of drug-likeness (QED) is 0.647. The molecule has 0 bridgehead atoms. The highest BCUT2D eigenvalue weighted by Gasteiger charge is 2.33. The molecule has 3 amide bonds. The molecule has 2 aromatic rings. The molecule has 6 heteroatoms. The fourth-order valence-corrected chi connectivity index (χ4v) is 3.23. The average molecular weight is 379 g/mol. The van der Waals surface area contributed by atoms with E-state index in [-0.39, 0.29) is 30.6 Å². The number of carbonyl (C=O) groups excluding carboxylic acids is 3. The Labute approximate surface area is 164 Å². The van der Waals surface area contributed by atoms with Crippen molar-refractivity contribution >= 4 is 17.7 Å². The average Bonchev–Trinajstić information content (AvgIpc) is 2.71. The van der Waals surface area contributed by atoms with Gasteiger partial charge in [-0.1, -0.05) is 60.7 Å². The fourth-order valence-electron chi connectivity index (χ4n) is 3.23. The maximum absolute atomic E-state index is 12.3. The second-order valence-corrected chi connectivity index (χ2v) is 6.94. The number of piperazine rings is 1. The predicted octanol–water partition coefficient (Wildman–Crippen LogP) is 1.35. The largest absolute Gasteiger partial charge is 0.356 e. The molecule has 1 saturated heterocycles. The molecule has 0 aliphatic carbocycles. The Morgan fingerprint density at radius 2 is 1.39 bits per heavy atom. The zero-order valence-electron chi connectivity index (χ0n) is 15.7. The summed E-state index contributed by atoms with van der Waals surface area (Å²) in [6.07, 6.45) is 1.68. The van der Waals surface area contributed by atoms with Gasteiger partial charge in [0.1, 0.15) is 12.1 Å². The summed E-state index contributed by atoms with van der Waals surface area (Å²) < 4.78 is 0. The standard InChI is InChI=1S/C22H25N3O3/c26-20(23-14-13-16-7-3-1-4-8-16)12-11-18-21(27)25-19(22(28)24-18)15-17-9-5-2-6-10-17/h1-10,18-19H,11-15H2,(H,23,26)(H,24,28)(H,25,27)/t18-,19+/m0/s1. The van der Waals surface area contributed by atoms with Gasteiger partial charge in [0.05, 0.1) is 0 Å². The summed E-state index contributed by atoms with van der Waals surface area (Å²) in [5, 5.41) is 8.37. The molecule has 0 saturated carbocycles. The van der Waals surface area contributed by atoms with Gasteiger partial charge in [-0.05, 0) is 24.0 Å². The van der Waals surface area contributed by atoms with Crippen LogP contribution in [-0.4, -0.2) is 36.3 Å². The third kappa shape index (κ3) is 5.67. The van der Waals surface area contributed by atoms with Crippen LogP contribution in [0.25, 0.3) is 0 Å². The van der Waals surface area contributed by atoms with E-state index >= 15 is 0 Å². The molecule has 1 heterocycles. The molecule has 0 spiro atoms. The molecule has 0 radical (unpaired) electrons. The van der Waals surface area contributed by atoms with Crippen LogP contribution in [0.2, 0.25) is 0 Å². The summed E-state index contributed by atoms with van der Waals surface area (Å²) in [4.78, 5) is 36.6. The third-order valence-corrected chi connectivity index (χ3v) is 4.79. The van der Waals surface area contributed by atoms with E-state index in [1.807, 2.05) is 60.7 Å². The molecule has 1 aliphatic heterocycles. The van der Waals surface area contributed by atoms with E-state index in [1.54, 1.807) is 0 Å². The Morgan fingerprint density at radius 1 is 0.821 bits per heavy atom. The fraction of sp³-hybridized carbons (Fsp3) is 0.318. The Balaban J connectivity index is 1.39. The van der Waals surface area contributed by atoms with Crippen molar-refractivity contribution in [3.8, 4) is 0 Å². The highest BCUT2D eigenvalue weighted by molar-refractivity contribution is 5.97. The molecule has 3 N–H and O–H groups in total. The lowest BCUT2D eigenvalue weighted by Crippen LogP contribution is -2.62. The predicted molar refractivity (Wildman–Crippen MR) is 106 cm³/mol. The zero-order valence-corrected chi connectivity index (χ0v) is 15.7. The molecule has 2 atom stereocenters. The molecule has 1 aliphatic rings. The van der Waals surface area contributed by atoms with E-state index in [2.05, 4.69) is 16.0 Å². The lowest BCUT2D eigenvalue weighted by atomic mass is 10.00. The van der Waals surface area contributed by atoms with E-state index in [0.717, 1.165) is 17.5 Å². The van der Waals surface area contributed by atoms with Gasteiger partial charge in [-0.2, -0.15) is 0 Å². The molecule has 3 rings (SSSR count). The minimum absolute atomic E-state index is 0.121. The van der Waals surface area contributed by atoms with Crippen molar-refractivity contribution in [2.75, 3.05) is 6.54 Å². The van der Waals surface area contributed by atoms with Gasteiger partial charge in [0, 0.05) is 19.4 Å². The first-order chi connectivity index (χ1) is 13.6. The maximum Gasteiger partial charge on any atom is 0.243 e. The number of carbonyl (C=O) groups is 3. The molecule has 28 heavy (non-hydrogen) atoms. The molecule has 0 unspecified atom stereocenters. The summed E-state index contributed by atoms with van der Waals surface area (Å²) in [5.74, 6) is -0.569. The number of benzene rings is 2. The van der Waals surface area contributed by atoms with Crippen LogP contribution < -0.4 is 16.0 Å². The first kappa shape index (κ1) is 19.6. The topological polar surface area (TPSA) is 87.3 Å². The lowest BCUT2D eigenvalue weighted by molar-refractivity contribution is -0.137. The molecule has 6 nitrogen and oxygen atoms in total. The minimum atomic E-state index is -0.667. The van der Waals surface area contributed by atoms with Crippen LogP contribution >= 0.6 is 0 Å². The van der Waals surface area contributed by atoms with Crippen LogP contribution in [0.5, 0.6) is 0 Å². The van der Waals surface area contributed by atoms with E-state index in [9.17, 15) is 14.4 Å². The van der Waals surface area contributed by atoms with Gasteiger partial charge in [-0.15, -0.1) is 0 Å². The van der Waals surface area contributed by atoms with E-state index in [1.165, 1.54) is 0 Å². The highest BCUT2D eigenvalue weighted by atomic mass is 16.2. The smallest absolute Gasteiger partial charge is 0.243 e. The summed E-state index contributed by atoms with van der Waals surface area (Å²) in [6, 6.07) is 18.2. The monoisotopic (exact) mass is 379 g/mol. The van der Waals surface area contributed by atoms with Crippen LogP contribution in [-0.2, 0) is 27.2 Å². The van der Waals surface area contributed by atoms with Crippen molar-refractivity contribution in [3.63, 3.8) is 0 Å². The van der Waals surface area contributed by atoms with Crippen LogP contribution in [0.15, 0.2) is 60.7 Å².